The summed E-state index contributed by atoms with van der Waals surface area (Å²) in [5, 5.41) is 19.8. The summed E-state index contributed by atoms with van der Waals surface area (Å²) < 4.78 is 5.24. The van der Waals surface area contributed by atoms with Gasteiger partial charge in [-0.3, -0.25) is 10.1 Å². The summed E-state index contributed by atoms with van der Waals surface area (Å²) in [7, 11) is 1.49. The monoisotopic (exact) mass is 287 g/mol. The molecular formula is C15H13NO5. The average molecular weight is 287 g/mol. The van der Waals surface area contributed by atoms with Gasteiger partial charge in [-0.05, 0) is 42.3 Å². The lowest BCUT2D eigenvalue weighted by Gasteiger charge is -2.12. The van der Waals surface area contributed by atoms with Gasteiger partial charge in [0.2, 0.25) is 0 Å². The highest BCUT2D eigenvalue weighted by Gasteiger charge is 2.15. The Bertz CT molecular complexity index is 724. The predicted octanol–water partition coefficient (Wildman–Crippen LogP) is 3.28. The lowest BCUT2D eigenvalue weighted by molar-refractivity contribution is -0.384. The number of hydrogen-bond donors (Lipinski definition) is 1. The summed E-state index contributed by atoms with van der Waals surface area (Å²) in [6.45, 7) is 1.73. The summed E-state index contributed by atoms with van der Waals surface area (Å²) >= 11 is 0. The highest BCUT2D eigenvalue weighted by atomic mass is 16.6. The Morgan fingerprint density at radius 1 is 1.19 bits per heavy atom. The first-order chi connectivity index (χ1) is 9.93. The predicted molar refractivity (Wildman–Crippen MR) is 76.8 cm³/mol. The van der Waals surface area contributed by atoms with Crippen LogP contribution in [0.4, 0.5) is 5.69 Å². The molecule has 6 heteroatoms. The number of nitro benzene ring substituents is 1. The molecule has 0 aliphatic heterocycles. The van der Waals surface area contributed by atoms with Crippen LogP contribution in [0.5, 0.6) is 5.75 Å². The number of non-ortho nitro benzene ring substituents is 1. The maximum atomic E-state index is 11.1. The normalized spacial score (nSPS) is 10.2. The van der Waals surface area contributed by atoms with Crippen molar-refractivity contribution in [3.05, 3.63) is 57.6 Å². The van der Waals surface area contributed by atoms with E-state index in [9.17, 15) is 14.9 Å². The molecule has 6 nitrogen and oxygen atoms in total. The van der Waals surface area contributed by atoms with Gasteiger partial charge >= 0.3 is 5.97 Å². The van der Waals surface area contributed by atoms with Crippen molar-refractivity contribution in [2.75, 3.05) is 7.11 Å². The van der Waals surface area contributed by atoms with Gasteiger partial charge in [0.15, 0.2) is 0 Å². The Kier molecular flexibility index (Phi) is 3.89. The molecule has 108 valence electrons. The van der Waals surface area contributed by atoms with E-state index in [4.69, 9.17) is 9.84 Å². The van der Waals surface area contributed by atoms with Gasteiger partial charge in [0.05, 0.1) is 17.6 Å². The molecule has 2 aromatic carbocycles. The van der Waals surface area contributed by atoms with Crippen molar-refractivity contribution in [3.63, 3.8) is 0 Å². The zero-order chi connectivity index (χ0) is 15.6. The summed E-state index contributed by atoms with van der Waals surface area (Å²) in [5.74, 6) is -0.532. The van der Waals surface area contributed by atoms with Crippen LogP contribution in [0.3, 0.4) is 0 Å². The van der Waals surface area contributed by atoms with Crippen LogP contribution in [0.25, 0.3) is 11.1 Å². The third-order valence-corrected chi connectivity index (χ3v) is 3.16. The first kappa shape index (κ1) is 14.5. The lowest BCUT2D eigenvalue weighted by atomic mass is 9.97. The smallest absolute Gasteiger partial charge is 0.335 e. The molecule has 0 radical (unpaired) electrons. The van der Waals surface area contributed by atoms with E-state index in [1.54, 1.807) is 19.1 Å². The number of carboxylic acids is 1. The van der Waals surface area contributed by atoms with Crippen molar-refractivity contribution < 1.29 is 19.6 Å². The number of aromatic carboxylic acids is 1. The van der Waals surface area contributed by atoms with E-state index in [1.807, 2.05) is 0 Å². The molecule has 0 heterocycles. The minimum Gasteiger partial charge on any atom is -0.496 e. The molecule has 0 saturated carbocycles. The first-order valence-electron chi connectivity index (χ1n) is 6.10. The number of nitro groups is 1. The number of benzene rings is 2. The van der Waals surface area contributed by atoms with Crippen LogP contribution in [0.1, 0.15) is 15.9 Å². The summed E-state index contributed by atoms with van der Waals surface area (Å²) in [6, 6.07) is 8.94. The average Bonchev–Trinajstić information content (AvgIpc) is 2.46. The van der Waals surface area contributed by atoms with Crippen molar-refractivity contribution in [3.8, 4) is 16.9 Å². The molecule has 2 rings (SSSR count). The zero-order valence-corrected chi connectivity index (χ0v) is 11.5. The standard InChI is InChI=1S/C15H13NO5/c1-9-7-11(16(19)20)4-5-12(9)13-8-10(15(17)18)3-6-14(13)21-2/h3-8H,1-2H3,(H,17,18). The van der Waals surface area contributed by atoms with Crippen LogP contribution in [0.15, 0.2) is 36.4 Å². The van der Waals surface area contributed by atoms with Crippen LogP contribution in [0, 0.1) is 17.0 Å². The topological polar surface area (TPSA) is 89.7 Å². The lowest BCUT2D eigenvalue weighted by Crippen LogP contribution is -1.99. The molecular weight excluding hydrogens is 274 g/mol. The highest BCUT2D eigenvalue weighted by molar-refractivity contribution is 5.90. The second-order valence-electron chi connectivity index (χ2n) is 4.48. The van der Waals surface area contributed by atoms with Crippen molar-refractivity contribution in [1.82, 2.24) is 0 Å². The fourth-order valence-electron chi connectivity index (χ4n) is 2.12. The van der Waals surface area contributed by atoms with Gasteiger partial charge in [-0.2, -0.15) is 0 Å². The van der Waals surface area contributed by atoms with Crippen molar-refractivity contribution in [2.45, 2.75) is 6.92 Å². The molecule has 0 spiro atoms. The summed E-state index contributed by atoms with van der Waals surface area (Å²) in [6.07, 6.45) is 0. The van der Waals surface area contributed by atoms with Gasteiger partial charge in [0.25, 0.3) is 5.69 Å². The molecule has 0 amide bonds. The van der Waals surface area contributed by atoms with Gasteiger partial charge in [-0.15, -0.1) is 0 Å². The van der Waals surface area contributed by atoms with E-state index in [0.717, 1.165) is 0 Å². The van der Waals surface area contributed by atoms with Gasteiger partial charge in [-0.25, -0.2) is 4.79 Å². The maximum Gasteiger partial charge on any atom is 0.335 e. The molecule has 21 heavy (non-hydrogen) atoms. The van der Waals surface area contributed by atoms with Crippen molar-refractivity contribution >= 4 is 11.7 Å². The third-order valence-electron chi connectivity index (χ3n) is 3.16. The van der Waals surface area contributed by atoms with Gasteiger partial charge in [0, 0.05) is 17.7 Å². The van der Waals surface area contributed by atoms with Gasteiger partial charge < -0.3 is 9.84 Å². The van der Waals surface area contributed by atoms with E-state index in [1.165, 1.54) is 31.4 Å². The number of carbonyl (C=O) groups is 1. The SMILES string of the molecule is COc1ccc(C(=O)O)cc1-c1ccc([N+](=O)[O-])cc1C. The molecule has 0 saturated heterocycles. The minimum atomic E-state index is -1.04. The number of carboxylic acid groups (broad SMARTS) is 1. The minimum absolute atomic E-state index is 0.00962. The Balaban J connectivity index is 2.62. The molecule has 2 aromatic rings. The van der Waals surface area contributed by atoms with E-state index < -0.39 is 10.9 Å². The molecule has 0 aliphatic carbocycles. The Labute approximate surface area is 120 Å². The summed E-state index contributed by atoms with van der Waals surface area (Å²) in [4.78, 5) is 21.4. The Morgan fingerprint density at radius 3 is 2.43 bits per heavy atom. The number of rotatable bonds is 4. The molecule has 0 aromatic heterocycles. The quantitative estimate of drug-likeness (QED) is 0.688. The maximum absolute atomic E-state index is 11.1. The highest BCUT2D eigenvalue weighted by Crippen LogP contribution is 2.34. The molecule has 0 unspecified atom stereocenters. The van der Waals surface area contributed by atoms with Crippen LogP contribution < -0.4 is 4.74 Å². The van der Waals surface area contributed by atoms with E-state index in [0.29, 0.717) is 22.4 Å². The van der Waals surface area contributed by atoms with Gasteiger partial charge in [0.1, 0.15) is 5.75 Å². The fourth-order valence-corrected chi connectivity index (χ4v) is 2.12. The number of ether oxygens (including phenoxy) is 1. The largest absolute Gasteiger partial charge is 0.496 e. The fraction of sp³-hybridized carbons (Fsp3) is 0.133. The van der Waals surface area contributed by atoms with Crippen molar-refractivity contribution in [2.24, 2.45) is 0 Å². The molecule has 0 atom stereocenters. The second-order valence-corrected chi connectivity index (χ2v) is 4.48. The number of aryl methyl sites for hydroxylation is 1. The van der Waals surface area contributed by atoms with Gasteiger partial charge in [-0.1, -0.05) is 0 Å². The van der Waals surface area contributed by atoms with E-state index in [2.05, 4.69) is 0 Å². The van der Waals surface area contributed by atoms with Crippen LogP contribution in [-0.2, 0) is 0 Å². The van der Waals surface area contributed by atoms with E-state index in [-0.39, 0.29) is 11.3 Å². The van der Waals surface area contributed by atoms with Crippen LogP contribution >= 0.6 is 0 Å². The number of nitrogens with zero attached hydrogens (tertiary/aromatic N) is 1. The summed E-state index contributed by atoms with van der Waals surface area (Å²) in [5.41, 5.74) is 2.07. The zero-order valence-electron chi connectivity index (χ0n) is 11.5. The van der Waals surface area contributed by atoms with Crippen molar-refractivity contribution in [1.29, 1.82) is 0 Å². The van der Waals surface area contributed by atoms with Crippen LogP contribution in [0.2, 0.25) is 0 Å². The molecule has 0 bridgehead atoms. The third kappa shape index (κ3) is 2.84. The number of hydrogen-bond acceptors (Lipinski definition) is 4. The molecule has 0 aliphatic rings. The molecule has 0 fully saturated rings. The first-order valence-corrected chi connectivity index (χ1v) is 6.10. The van der Waals surface area contributed by atoms with E-state index >= 15 is 0 Å². The molecule has 1 N–H and O–H groups in total. The Morgan fingerprint density at radius 2 is 1.90 bits per heavy atom. The van der Waals surface area contributed by atoms with Crippen LogP contribution in [-0.4, -0.2) is 23.1 Å². The Hall–Kier alpha value is -2.89. The second kappa shape index (κ2) is 5.62. The number of methoxy groups -OCH3 is 1.